The number of nitrogens with one attached hydrogen (secondary N) is 1. The molecule has 0 spiro atoms. The van der Waals surface area contributed by atoms with Crippen LogP contribution in [0.2, 0.25) is 0 Å². The summed E-state index contributed by atoms with van der Waals surface area (Å²) >= 11 is 0. The molecule has 1 N–H and O–H groups in total. The van der Waals surface area contributed by atoms with Crippen molar-refractivity contribution >= 4 is 12.1 Å². The second-order valence-corrected chi connectivity index (χ2v) is 4.79. The van der Waals surface area contributed by atoms with E-state index in [2.05, 4.69) is 10.5 Å². The number of amides is 1. The molecular weight excluding hydrogens is 335 g/mol. The lowest BCUT2D eigenvalue weighted by Crippen LogP contribution is -2.18. The van der Waals surface area contributed by atoms with Crippen LogP contribution in [0.25, 0.3) is 0 Å². The number of nitrogens with zero attached hydrogens (tertiary/aromatic N) is 2. The zero-order valence-electron chi connectivity index (χ0n) is 12.7. The number of halogens is 3. The molecule has 2 rings (SSSR count). The lowest BCUT2D eigenvalue weighted by molar-refractivity contribution is -0.137. The second-order valence-electron chi connectivity index (χ2n) is 4.79. The van der Waals surface area contributed by atoms with Crippen LogP contribution < -0.4 is 10.2 Å². The number of hydrazone groups is 1. The maximum atomic E-state index is 12.6. The van der Waals surface area contributed by atoms with E-state index in [9.17, 15) is 18.0 Å². The van der Waals surface area contributed by atoms with Gasteiger partial charge in [-0.05, 0) is 48.0 Å². The second kappa shape index (κ2) is 7.97. The van der Waals surface area contributed by atoms with E-state index >= 15 is 0 Å². The van der Waals surface area contributed by atoms with Crippen LogP contribution in [0.5, 0.6) is 5.75 Å². The lowest BCUT2D eigenvalue weighted by atomic mass is 10.1. The van der Waals surface area contributed by atoms with Crippen molar-refractivity contribution < 1.29 is 22.7 Å². The molecule has 0 aliphatic heterocycles. The topological polar surface area (TPSA) is 74.5 Å². The Balaban J connectivity index is 1.98. The molecule has 0 aliphatic carbocycles. The first kappa shape index (κ1) is 18.0. The maximum absolute atomic E-state index is 12.6. The Labute approximate surface area is 141 Å². The van der Waals surface area contributed by atoms with Crippen molar-refractivity contribution in [2.45, 2.75) is 6.18 Å². The molecule has 1 amide bonds. The number of alkyl halides is 3. The summed E-state index contributed by atoms with van der Waals surface area (Å²) in [5.74, 6) is -0.247. The minimum atomic E-state index is -4.52. The van der Waals surface area contributed by atoms with Gasteiger partial charge in [0.2, 0.25) is 0 Å². The normalized spacial score (nSPS) is 11.1. The van der Waals surface area contributed by atoms with Gasteiger partial charge in [-0.1, -0.05) is 6.07 Å². The van der Waals surface area contributed by atoms with Crippen molar-refractivity contribution in [2.75, 3.05) is 6.61 Å². The van der Waals surface area contributed by atoms with E-state index < -0.39 is 17.6 Å². The van der Waals surface area contributed by atoms with Crippen LogP contribution in [0.3, 0.4) is 0 Å². The molecule has 0 aliphatic rings. The summed E-state index contributed by atoms with van der Waals surface area (Å²) in [5, 5.41) is 12.1. The molecule has 0 fully saturated rings. The highest BCUT2D eigenvalue weighted by Crippen LogP contribution is 2.29. The molecule has 0 saturated carbocycles. The summed E-state index contributed by atoms with van der Waals surface area (Å²) in [6, 6.07) is 12.4. The van der Waals surface area contributed by atoms with Crippen LogP contribution in [0.1, 0.15) is 21.5 Å². The first-order chi connectivity index (χ1) is 11.9. The van der Waals surface area contributed by atoms with Crippen LogP contribution in [0, 0.1) is 11.3 Å². The summed E-state index contributed by atoms with van der Waals surface area (Å²) in [6.45, 7) is -0.0690. The molecule has 0 heterocycles. The number of nitriles is 1. The van der Waals surface area contributed by atoms with E-state index in [1.54, 1.807) is 24.3 Å². The average Bonchev–Trinajstić information content (AvgIpc) is 2.60. The Bertz CT molecular complexity index is 809. The van der Waals surface area contributed by atoms with Gasteiger partial charge in [0.15, 0.2) is 6.61 Å². The first-order valence-corrected chi connectivity index (χ1v) is 7.00. The van der Waals surface area contributed by atoms with Gasteiger partial charge in [0.05, 0.1) is 11.8 Å². The van der Waals surface area contributed by atoms with Gasteiger partial charge in [-0.3, -0.25) is 4.79 Å². The fourth-order valence-electron chi connectivity index (χ4n) is 1.83. The molecule has 0 aromatic heterocycles. The van der Waals surface area contributed by atoms with Crippen molar-refractivity contribution in [3.63, 3.8) is 0 Å². The van der Waals surface area contributed by atoms with Crippen molar-refractivity contribution in [1.29, 1.82) is 5.26 Å². The van der Waals surface area contributed by atoms with Crippen LogP contribution in [0.4, 0.5) is 13.2 Å². The number of hydrogen-bond donors (Lipinski definition) is 1. The Hall–Kier alpha value is -3.34. The predicted octanol–water partition coefficient (Wildman–Crippen LogP) is 3.37. The molecule has 8 heteroatoms. The highest BCUT2D eigenvalue weighted by atomic mass is 19.4. The van der Waals surface area contributed by atoms with Gasteiger partial charge in [-0.25, -0.2) is 5.43 Å². The fourth-order valence-corrected chi connectivity index (χ4v) is 1.83. The van der Waals surface area contributed by atoms with Gasteiger partial charge in [-0.2, -0.15) is 23.5 Å². The SMILES string of the molecule is N#CCOc1ccc(/C=N/NC(=O)c2cccc(C(F)(F)F)c2)cc1. The van der Waals surface area contributed by atoms with Crippen LogP contribution in [0.15, 0.2) is 53.6 Å². The number of rotatable bonds is 5. The molecule has 0 atom stereocenters. The van der Waals surface area contributed by atoms with Gasteiger partial charge in [-0.15, -0.1) is 0 Å². The zero-order valence-corrected chi connectivity index (χ0v) is 12.7. The number of carbonyl (C=O) groups excluding carboxylic acids is 1. The molecule has 0 unspecified atom stereocenters. The minimum Gasteiger partial charge on any atom is -0.479 e. The molecule has 25 heavy (non-hydrogen) atoms. The van der Waals surface area contributed by atoms with Gasteiger partial charge in [0, 0.05) is 5.56 Å². The molecule has 0 radical (unpaired) electrons. The standard InChI is InChI=1S/C17H12F3N3O2/c18-17(19,20)14-3-1-2-13(10-14)16(24)23-22-11-12-4-6-15(7-5-12)25-9-8-21/h1-7,10-11H,9H2,(H,23,24)/b22-11+. The quantitative estimate of drug-likeness (QED) is 0.666. The van der Waals surface area contributed by atoms with Crippen molar-refractivity contribution in [3.05, 3.63) is 65.2 Å². The van der Waals surface area contributed by atoms with Gasteiger partial charge >= 0.3 is 6.18 Å². The highest BCUT2D eigenvalue weighted by molar-refractivity contribution is 5.95. The Morgan fingerprint density at radius 2 is 1.96 bits per heavy atom. The first-order valence-electron chi connectivity index (χ1n) is 7.00. The van der Waals surface area contributed by atoms with E-state index in [-0.39, 0.29) is 12.2 Å². The third-order valence-electron chi connectivity index (χ3n) is 3.02. The monoisotopic (exact) mass is 347 g/mol. The smallest absolute Gasteiger partial charge is 0.416 e. The summed E-state index contributed by atoms with van der Waals surface area (Å²) in [7, 11) is 0. The Morgan fingerprint density at radius 1 is 1.24 bits per heavy atom. The summed E-state index contributed by atoms with van der Waals surface area (Å²) in [5.41, 5.74) is 1.75. The summed E-state index contributed by atoms with van der Waals surface area (Å²) < 4.78 is 43.0. The van der Waals surface area contributed by atoms with Crippen LogP contribution >= 0.6 is 0 Å². The highest BCUT2D eigenvalue weighted by Gasteiger charge is 2.30. The summed E-state index contributed by atoms with van der Waals surface area (Å²) in [4.78, 5) is 11.8. The molecule has 2 aromatic rings. The third-order valence-corrected chi connectivity index (χ3v) is 3.02. The van der Waals surface area contributed by atoms with Crippen LogP contribution in [-0.2, 0) is 6.18 Å². The van der Waals surface area contributed by atoms with E-state index in [1.807, 2.05) is 6.07 Å². The number of hydrogen-bond acceptors (Lipinski definition) is 4. The van der Waals surface area contributed by atoms with E-state index in [0.29, 0.717) is 11.3 Å². The van der Waals surface area contributed by atoms with Gasteiger partial charge in [0.25, 0.3) is 5.91 Å². The molecule has 0 bridgehead atoms. The number of benzene rings is 2. The lowest BCUT2D eigenvalue weighted by Gasteiger charge is -2.07. The van der Waals surface area contributed by atoms with Crippen LogP contribution in [-0.4, -0.2) is 18.7 Å². The van der Waals surface area contributed by atoms with E-state index in [1.165, 1.54) is 12.3 Å². The predicted molar refractivity (Wildman–Crippen MR) is 84.1 cm³/mol. The zero-order chi connectivity index (χ0) is 18.3. The Morgan fingerprint density at radius 3 is 2.60 bits per heavy atom. The molecule has 5 nitrogen and oxygen atoms in total. The van der Waals surface area contributed by atoms with E-state index in [4.69, 9.17) is 10.00 Å². The number of carbonyl (C=O) groups is 1. The maximum Gasteiger partial charge on any atom is 0.416 e. The molecule has 128 valence electrons. The van der Waals surface area contributed by atoms with Gasteiger partial charge < -0.3 is 4.74 Å². The Kier molecular flexibility index (Phi) is 5.74. The van der Waals surface area contributed by atoms with Crippen molar-refractivity contribution in [1.82, 2.24) is 5.43 Å². The fraction of sp³-hybridized carbons (Fsp3) is 0.118. The molecule has 2 aromatic carbocycles. The molecular formula is C17H12F3N3O2. The third kappa shape index (κ3) is 5.35. The van der Waals surface area contributed by atoms with Gasteiger partial charge in [0.1, 0.15) is 11.8 Å². The number of ether oxygens (including phenoxy) is 1. The minimum absolute atomic E-state index is 0.0690. The average molecular weight is 347 g/mol. The van der Waals surface area contributed by atoms with Crippen molar-refractivity contribution in [3.8, 4) is 11.8 Å². The molecule has 0 saturated heterocycles. The largest absolute Gasteiger partial charge is 0.479 e. The summed E-state index contributed by atoms with van der Waals surface area (Å²) in [6.07, 6.45) is -3.19. The van der Waals surface area contributed by atoms with E-state index in [0.717, 1.165) is 18.2 Å². The van der Waals surface area contributed by atoms with Crippen molar-refractivity contribution in [2.24, 2.45) is 5.10 Å².